The predicted molar refractivity (Wildman–Crippen MR) is 94.9 cm³/mol. The Morgan fingerprint density at radius 2 is 1.43 bits per heavy atom. The largest absolute Gasteiger partial charge is 0.315 e. The van der Waals surface area contributed by atoms with E-state index in [1.165, 1.54) is 77.2 Å². The standard InChI is InChI=1S/C19H40N2/c1-5-16-21(17(2)3)19-15-13-11-9-7-6-8-10-12-14-18(19)20-4/h17-20H,5-16H2,1-4H3. The van der Waals surface area contributed by atoms with Crippen LogP contribution < -0.4 is 5.32 Å². The van der Waals surface area contributed by atoms with E-state index in [4.69, 9.17) is 0 Å². The van der Waals surface area contributed by atoms with Crippen LogP contribution in [0.3, 0.4) is 0 Å². The van der Waals surface area contributed by atoms with Crippen LogP contribution in [-0.4, -0.2) is 36.6 Å². The van der Waals surface area contributed by atoms with Crippen LogP contribution in [0.25, 0.3) is 0 Å². The van der Waals surface area contributed by atoms with Gasteiger partial charge in [-0.1, -0.05) is 58.3 Å². The fraction of sp³-hybridized carbons (Fsp3) is 1.00. The van der Waals surface area contributed by atoms with Crippen LogP contribution >= 0.6 is 0 Å². The molecule has 0 radical (unpaired) electrons. The zero-order chi connectivity index (χ0) is 15.5. The van der Waals surface area contributed by atoms with Gasteiger partial charge in [0.15, 0.2) is 0 Å². The Bertz CT molecular complexity index is 240. The highest BCUT2D eigenvalue weighted by Crippen LogP contribution is 2.22. The number of hydrogen-bond acceptors (Lipinski definition) is 2. The summed E-state index contributed by atoms with van der Waals surface area (Å²) in [7, 11) is 2.17. The third kappa shape index (κ3) is 7.15. The van der Waals surface area contributed by atoms with Crippen LogP contribution in [0.5, 0.6) is 0 Å². The van der Waals surface area contributed by atoms with Gasteiger partial charge in [0, 0.05) is 18.1 Å². The lowest BCUT2D eigenvalue weighted by Gasteiger charge is -2.40. The molecule has 1 aliphatic rings. The van der Waals surface area contributed by atoms with Crippen molar-refractivity contribution in [3.05, 3.63) is 0 Å². The molecule has 126 valence electrons. The average Bonchev–Trinajstić information content (AvgIpc) is 2.45. The number of nitrogens with zero attached hydrogens (tertiary/aromatic N) is 1. The average molecular weight is 297 g/mol. The highest BCUT2D eigenvalue weighted by atomic mass is 15.2. The summed E-state index contributed by atoms with van der Waals surface area (Å²) in [5.41, 5.74) is 0. The Kier molecular flexibility index (Phi) is 10.4. The third-order valence-corrected chi connectivity index (χ3v) is 5.17. The van der Waals surface area contributed by atoms with Gasteiger partial charge in [0.05, 0.1) is 0 Å². The predicted octanol–water partition coefficient (Wildman–Crippen LogP) is 4.98. The molecule has 1 saturated carbocycles. The van der Waals surface area contributed by atoms with E-state index in [1.54, 1.807) is 0 Å². The van der Waals surface area contributed by atoms with E-state index in [0.29, 0.717) is 12.1 Å². The molecular weight excluding hydrogens is 256 g/mol. The van der Waals surface area contributed by atoms with Crippen LogP contribution in [0.4, 0.5) is 0 Å². The maximum atomic E-state index is 3.66. The Labute approximate surface area is 134 Å². The maximum absolute atomic E-state index is 3.66. The molecule has 0 heterocycles. The number of rotatable bonds is 5. The second-order valence-corrected chi connectivity index (χ2v) is 7.20. The summed E-state index contributed by atoms with van der Waals surface area (Å²) in [4.78, 5) is 2.77. The topological polar surface area (TPSA) is 15.3 Å². The van der Waals surface area contributed by atoms with Gasteiger partial charge in [-0.15, -0.1) is 0 Å². The Morgan fingerprint density at radius 1 is 0.905 bits per heavy atom. The highest BCUT2D eigenvalue weighted by Gasteiger charge is 2.27. The van der Waals surface area contributed by atoms with E-state index in [1.807, 2.05) is 0 Å². The molecular formula is C19H40N2. The lowest BCUT2D eigenvalue weighted by Crippen LogP contribution is -2.52. The minimum absolute atomic E-state index is 0.665. The van der Waals surface area contributed by atoms with Crippen LogP contribution in [-0.2, 0) is 0 Å². The molecule has 0 bridgehead atoms. The van der Waals surface area contributed by atoms with Gasteiger partial charge in [-0.05, 0) is 46.7 Å². The molecule has 1 fully saturated rings. The molecule has 0 amide bonds. The summed E-state index contributed by atoms with van der Waals surface area (Å²) in [5, 5.41) is 3.66. The van der Waals surface area contributed by atoms with Crippen LogP contribution in [0.2, 0.25) is 0 Å². The fourth-order valence-corrected chi connectivity index (χ4v) is 3.97. The first kappa shape index (κ1) is 19.0. The van der Waals surface area contributed by atoms with Gasteiger partial charge in [-0.25, -0.2) is 0 Å². The van der Waals surface area contributed by atoms with Crippen molar-refractivity contribution in [3.63, 3.8) is 0 Å². The van der Waals surface area contributed by atoms with Crippen molar-refractivity contribution >= 4 is 0 Å². The van der Waals surface area contributed by atoms with Gasteiger partial charge in [0.2, 0.25) is 0 Å². The lowest BCUT2D eigenvalue weighted by atomic mass is 9.92. The quantitative estimate of drug-likeness (QED) is 0.770. The van der Waals surface area contributed by atoms with Gasteiger partial charge >= 0.3 is 0 Å². The fourth-order valence-electron chi connectivity index (χ4n) is 3.97. The van der Waals surface area contributed by atoms with Gasteiger partial charge in [0.25, 0.3) is 0 Å². The smallest absolute Gasteiger partial charge is 0.0251 e. The van der Waals surface area contributed by atoms with Crippen molar-refractivity contribution < 1.29 is 0 Å². The van der Waals surface area contributed by atoms with Gasteiger partial charge in [-0.3, -0.25) is 4.90 Å². The molecule has 0 aliphatic heterocycles. The zero-order valence-electron chi connectivity index (χ0n) is 15.2. The highest BCUT2D eigenvalue weighted by molar-refractivity contribution is 4.85. The van der Waals surface area contributed by atoms with Crippen molar-refractivity contribution in [1.29, 1.82) is 0 Å². The summed E-state index contributed by atoms with van der Waals surface area (Å²) in [5.74, 6) is 0. The number of likely N-dealkylation sites (N-methyl/N-ethyl adjacent to an activating group) is 1. The van der Waals surface area contributed by atoms with Crippen LogP contribution in [0.1, 0.15) is 91.4 Å². The summed E-state index contributed by atoms with van der Waals surface area (Å²) >= 11 is 0. The van der Waals surface area contributed by atoms with Crippen molar-refractivity contribution in [2.45, 2.75) is 110 Å². The molecule has 2 unspecified atom stereocenters. The van der Waals surface area contributed by atoms with Crippen LogP contribution in [0, 0.1) is 0 Å². The molecule has 0 aromatic carbocycles. The van der Waals surface area contributed by atoms with Crippen molar-refractivity contribution in [3.8, 4) is 0 Å². The molecule has 0 aromatic rings. The van der Waals surface area contributed by atoms with Gasteiger partial charge < -0.3 is 5.32 Å². The molecule has 1 aliphatic carbocycles. The number of nitrogens with one attached hydrogen (secondary N) is 1. The second kappa shape index (κ2) is 11.5. The molecule has 0 aromatic heterocycles. The van der Waals surface area contributed by atoms with Crippen molar-refractivity contribution in [2.24, 2.45) is 0 Å². The van der Waals surface area contributed by atoms with E-state index < -0.39 is 0 Å². The minimum Gasteiger partial charge on any atom is -0.315 e. The normalized spacial score (nSPS) is 26.6. The van der Waals surface area contributed by atoms with E-state index in [0.717, 1.165) is 6.04 Å². The molecule has 1 rings (SSSR count). The molecule has 2 nitrogen and oxygen atoms in total. The molecule has 0 spiro atoms. The summed E-state index contributed by atoms with van der Waals surface area (Å²) in [6, 6.07) is 2.08. The third-order valence-electron chi connectivity index (χ3n) is 5.17. The number of hydrogen-bond donors (Lipinski definition) is 1. The maximum Gasteiger partial charge on any atom is 0.0251 e. The summed E-state index contributed by atoms with van der Waals surface area (Å²) in [6.07, 6.45) is 15.5. The first-order valence-corrected chi connectivity index (χ1v) is 9.63. The first-order valence-electron chi connectivity index (χ1n) is 9.63. The lowest BCUT2D eigenvalue weighted by molar-refractivity contribution is 0.108. The van der Waals surface area contributed by atoms with Crippen molar-refractivity contribution in [2.75, 3.05) is 13.6 Å². The van der Waals surface area contributed by atoms with Gasteiger partial charge in [0.1, 0.15) is 0 Å². The Hall–Kier alpha value is -0.0800. The monoisotopic (exact) mass is 296 g/mol. The van der Waals surface area contributed by atoms with E-state index in [-0.39, 0.29) is 0 Å². The Morgan fingerprint density at radius 3 is 1.90 bits per heavy atom. The molecule has 1 N–H and O–H groups in total. The second-order valence-electron chi connectivity index (χ2n) is 7.20. The molecule has 2 heteroatoms. The van der Waals surface area contributed by atoms with Crippen LogP contribution in [0.15, 0.2) is 0 Å². The summed E-state index contributed by atoms with van der Waals surface area (Å²) in [6.45, 7) is 8.32. The minimum atomic E-state index is 0.665. The first-order chi connectivity index (χ1) is 10.2. The van der Waals surface area contributed by atoms with Gasteiger partial charge in [-0.2, -0.15) is 0 Å². The SMILES string of the molecule is CCCN(C(C)C)C1CCCCCCCCCCC1NC. The molecule has 0 saturated heterocycles. The van der Waals surface area contributed by atoms with Crippen molar-refractivity contribution in [1.82, 2.24) is 10.2 Å². The molecule has 21 heavy (non-hydrogen) atoms. The Balaban J connectivity index is 2.72. The zero-order valence-corrected chi connectivity index (χ0v) is 15.2. The van der Waals surface area contributed by atoms with E-state index in [2.05, 4.69) is 38.0 Å². The molecule has 2 atom stereocenters. The van der Waals surface area contributed by atoms with E-state index in [9.17, 15) is 0 Å². The van der Waals surface area contributed by atoms with E-state index >= 15 is 0 Å². The summed E-state index contributed by atoms with van der Waals surface area (Å²) < 4.78 is 0.